The van der Waals surface area contributed by atoms with E-state index >= 15 is 0 Å². The van der Waals surface area contributed by atoms with Crippen LogP contribution in [0, 0.1) is 0 Å². The number of hydrogen-bond donors (Lipinski definition) is 4. The standard InChI is InChI=1S/C8H22N4Si/c1-4-9-7(10-5-2)8(12-13)11-6-3/h9-12H,4-6H2,1-3,13H3. The minimum Gasteiger partial charge on any atom is -0.403 e. The number of nitrogens with one attached hydrogen (secondary N) is 4. The molecule has 0 saturated carbocycles. The summed E-state index contributed by atoms with van der Waals surface area (Å²) >= 11 is 0. The summed E-state index contributed by atoms with van der Waals surface area (Å²) in [6.07, 6.45) is 0. The molecule has 0 aromatic heterocycles. The van der Waals surface area contributed by atoms with Crippen LogP contribution in [0.5, 0.6) is 0 Å². The second-order valence-electron chi connectivity index (χ2n) is 2.59. The molecule has 0 bridgehead atoms. The van der Waals surface area contributed by atoms with Crippen molar-refractivity contribution in [3.8, 4) is 0 Å². The molecule has 0 saturated heterocycles. The molecule has 0 rings (SSSR count). The average molecular weight is 202 g/mol. The number of rotatable bonds is 7. The number of hydrogen-bond acceptors (Lipinski definition) is 4. The molecule has 0 fully saturated rings. The van der Waals surface area contributed by atoms with Crippen molar-refractivity contribution in [2.75, 3.05) is 19.6 Å². The Kier molecular flexibility index (Phi) is 7.28. The van der Waals surface area contributed by atoms with Crippen molar-refractivity contribution in [3.05, 3.63) is 11.6 Å². The Bertz CT molecular complexity index is 150. The molecular weight excluding hydrogens is 180 g/mol. The average Bonchev–Trinajstić information content (AvgIpc) is 2.14. The molecule has 0 aromatic rings. The Morgan fingerprint density at radius 1 is 0.846 bits per heavy atom. The first-order valence-electron chi connectivity index (χ1n) is 4.93. The Morgan fingerprint density at radius 2 is 1.23 bits per heavy atom. The summed E-state index contributed by atoms with van der Waals surface area (Å²) in [6, 6.07) is 0. The van der Waals surface area contributed by atoms with Crippen LogP contribution in [0.15, 0.2) is 11.6 Å². The van der Waals surface area contributed by atoms with Crippen molar-refractivity contribution < 1.29 is 0 Å². The molecule has 13 heavy (non-hydrogen) atoms. The molecule has 0 unspecified atom stereocenters. The van der Waals surface area contributed by atoms with Crippen LogP contribution in [-0.2, 0) is 0 Å². The third-order valence-corrected chi connectivity index (χ3v) is 2.06. The smallest absolute Gasteiger partial charge is 0.139 e. The van der Waals surface area contributed by atoms with E-state index in [1.54, 1.807) is 0 Å². The normalized spacial score (nSPS) is 9.15. The second-order valence-corrected chi connectivity index (χ2v) is 3.09. The van der Waals surface area contributed by atoms with Gasteiger partial charge >= 0.3 is 0 Å². The highest BCUT2D eigenvalue weighted by molar-refractivity contribution is 6.05. The molecule has 0 spiro atoms. The van der Waals surface area contributed by atoms with Gasteiger partial charge in [-0.2, -0.15) is 0 Å². The van der Waals surface area contributed by atoms with E-state index in [9.17, 15) is 0 Å². The van der Waals surface area contributed by atoms with Crippen LogP contribution in [0.25, 0.3) is 0 Å². The van der Waals surface area contributed by atoms with Gasteiger partial charge in [-0.1, -0.05) is 0 Å². The summed E-state index contributed by atoms with van der Waals surface area (Å²) in [5, 5.41) is 9.85. The topological polar surface area (TPSA) is 48.1 Å². The van der Waals surface area contributed by atoms with Gasteiger partial charge in [0.1, 0.15) is 22.0 Å². The molecule has 0 amide bonds. The molecule has 0 heterocycles. The van der Waals surface area contributed by atoms with Gasteiger partial charge in [-0.05, 0) is 20.8 Å². The van der Waals surface area contributed by atoms with Crippen LogP contribution in [0.4, 0.5) is 0 Å². The van der Waals surface area contributed by atoms with Crippen molar-refractivity contribution >= 4 is 10.4 Å². The molecule has 0 aromatic carbocycles. The van der Waals surface area contributed by atoms with Crippen LogP contribution >= 0.6 is 0 Å². The van der Waals surface area contributed by atoms with Crippen LogP contribution in [0.1, 0.15) is 20.8 Å². The molecule has 0 aliphatic rings. The van der Waals surface area contributed by atoms with Gasteiger partial charge in [-0.25, -0.2) is 0 Å². The lowest BCUT2D eigenvalue weighted by Crippen LogP contribution is -2.36. The van der Waals surface area contributed by atoms with Gasteiger partial charge in [0.15, 0.2) is 0 Å². The highest BCUT2D eigenvalue weighted by Gasteiger charge is 2.00. The van der Waals surface area contributed by atoms with Crippen molar-refractivity contribution in [2.24, 2.45) is 0 Å². The molecule has 4 nitrogen and oxygen atoms in total. The molecule has 0 atom stereocenters. The summed E-state index contributed by atoms with van der Waals surface area (Å²) in [5.74, 6) is 2.15. The summed E-state index contributed by atoms with van der Waals surface area (Å²) in [6.45, 7) is 9.07. The summed E-state index contributed by atoms with van der Waals surface area (Å²) in [4.78, 5) is 3.26. The molecular formula is C8H22N4Si. The fraction of sp³-hybridized carbons (Fsp3) is 0.750. The Balaban J connectivity index is 4.35. The fourth-order valence-electron chi connectivity index (χ4n) is 1.07. The minimum atomic E-state index is 0.931. The largest absolute Gasteiger partial charge is 0.403 e. The summed E-state index contributed by atoms with van der Waals surface area (Å²) < 4.78 is 0. The van der Waals surface area contributed by atoms with Gasteiger partial charge < -0.3 is 20.9 Å². The molecule has 5 heteroatoms. The Morgan fingerprint density at radius 3 is 1.54 bits per heavy atom. The van der Waals surface area contributed by atoms with Crippen molar-refractivity contribution in [1.82, 2.24) is 20.9 Å². The highest BCUT2D eigenvalue weighted by atomic mass is 28.2. The molecule has 4 N–H and O–H groups in total. The van der Waals surface area contributed by atoms with Gasteiger partial charge in [-0.15, -0.1) is 0 Å². The monoisotopic (exact) mass is 202 g/mol. The first-order chi connectivity index (χ1) is 6.29. The first-order valence-corrected chi connectivity index (χ1v) is 5.93. The van der Waals surface area contributed by atoms with Gasteiger partial charge in [0.25, 0.3) is 0 Å². The second kappa shape index (κ2) is 7.79. The lowest BCUT2D eigenvalue weighted by Gasteiger charge is -2.17. The van der Waals surface area contributed by atoms with Crippen LogP contribution in [0.2, 0.25) is 0 Å². The fourth-order valence-corrected chi connectivity index (χ4v) is 1.50. The van der Waals surface area contributed by atoms with E-state index in [2.05, 4.69) is 41.7 Å². The van der Waals surface area contributed by atoms with Gasteiger partial charge in [0, 0.05) is 19.6 Å². The van der Waals surface area contributed by atoms with Crippen molar-refractivity contribution in [1.29, 1.82) is 0 Å². The lowest BCUT2D eigenvalue weighted by atomic mass is 10.5. The predicted octanol–water partition coefficient (Wildman–Crippen LogP) is -1.19. The third-order valence-electron chi connectivity index (χ3n) is 1.56. The SMILES string of the molecule is CCNC(N[SiH3])=C(NCC)NCC. The lowest BCUT2D eigenvalue weighted by molar-refractivity contribution is 0.663. The highest BCUT2D eigenvalue weighted by Crippen LogP contribution is 1.88. The third kappa shape index (κ3) is 4.67. The van der Waals surface area contributed by atoms with Crippen molar-refractivity contribution in [2.45, 2.75) is 20.8 Å². The maximum Gasteiger partial charge on any atom is 0.139 e. The predicted molar refractivity (Wildman–Crippen MR) is 61.1 cm³/mol. The molecule has 0 aliphatic carbocycles. The quantitative estimate of drug-likeness (QED) is 0.392. The zero-order chi connectivity index (χ0) is 10.1. The van der Waals surface area contributed by atoms with E-state index in [4.69, 9.17) is 0 Å². The maximum atomic E-state index is 3.29. The first kappa shape index (κ1) is 12.2. The minimum absolute atomic E-state index is 0.931. The molecule has 0 radical (unpaired) electrons. The zero-order valence-corrected chi connectivity index (χ0v) is 11.1. The Hall–Kier alpha value is -0.843. The van der Waals surface area contributed by atoms with E-state index in [1.807, 2.05) is 0 Å². The van der Waals surface area contributed by atoms with E-state index < -0.39 is 0 Å². The van der Waals surface area contributed by atoms with Gasteiger partial charge in [0.2, 0.25) is 0 Å². The van der Waals surface area contributed by atoms with E-state index in [1.165, 1.54) is 0 Å². The molecule has 0 aliphatic heterocycles. The van der Waals surface area contributed by atoms with Crippen molar-refractivity contribution in [3.63, 3.8) is 0 Å². The van der Waals surface area contributed by atoms with Crippen LogP contribution in [-0.4, -0.2) is 30.0 Å². The summed E-state index contributed by atoms with van der Waals surface area (Å²) in [5.41, 5.74) is 0. The van der Waals surface area contributed by atoms with Gasteiger partial charge in [0.05, 0.1) is 0 Å². The van der Waals surface area contributed by atoms with Crippen LogP contribution in [0.3, 0.4) is 0 Å². The van der Waals surface area contributed by atoms with Crippen LogP contribution < -0.4 is 20.9 Å². The van der Waals surface area contributed by atoms with E-state index in [0.29, 0.717) is 0 Å². The molecule has 78 valence electrons. The van der Waals surface area contributed by atoms with Gasteiger partial charge in [-0.3, -0.25) is 0 Å². The van der Waals surface area contributed by atoms with E-state index in [0.717, 1.165) is 41.7 Å². The zero-order valence-electron chi connectivity index (χ0n) is 9.12. The summed E-state index contributed by atoms with van der Waals surface area (Å²) in [7, 11) is 0.948. The van der Waals surface area contributed by atoms with E-state index in [-0.39, 0.29) is 0 Å². The maximum absolute atomic E-state index is 3.29. The Labute approximate surface area is 84.1 Å².